The predicted octanol–water partition coefficient (Wildman–Crippen LogP) is 3.33. The third kappa shape index (κ3) is 4.29. The van der Waals surface area contributed by atoms with Gasteiger partial charge in [-0.25, -0.2) is 0 Å². The molecule has 1 N–H and O–H groups in total. The summed E-state index contributed by atoms with van der Waals surface area (Å²) >= 11 is 3.29. The largest absolute Gasteiger partial charge is 0.434 e. The lowest BCUT2D eigenvalue weighted by molar-refractivity contribution is -0.0505. The Bertz CT molecular complexity index is 520. The molecule has 0 saturated heterocycles. The summed E-state index contributed by atoms with van der Waals surface area (Å²) in [5, 5.41) is 6.81. The Morgan fingerprint density at radius 3 is 2.84 bits per heavy atom. The van der Waals surface area contributed by atoms with Gasteiger partial charge in [0, 0.05) is 29.2 Å². The first kappa shape index (κ1) is 14.0. The highest BCUT2D eigenvalue weighted by Gasteiger charge is 2.10. The molecule has 0 spiro atoms. The van der Waals surface area contributed by atoms with Crippen molar-refractivity contribution in [3.05, 3.63) is 46.3 Å². The van der Waals surface area contributed by atoms with Crippen molar-refractivity contribution in [2.75, 3.05) is 0 Å². The molecule has 2 aromatic rings. The number of halogens is 3. The minimum atomic E-state index is -2.84. The van der Waals surface area contributed by atoms with Crippen LogP contribution in [0.1, 0.15) is 11.3 Å². The van der Waals surface area contributed by atoms with E-state index < -0.39 is 6.61 Å². The number of aromatic nitrogens is 1. The maximum Gasteiger partial charge on any atom is 0.387 e. The highest BCUT2D eigenvalue weighted by molar-refractivity contribution is 9.10. The van der Waals surface area contributed by atoms with Crippen LogP contribution in [0.25, 0.3) is 0 Å². The smallest absolute Gasteiger partial charge is 0.387 e. The molecule has 2 rings (SSSR count). The van der Waals surface area contributed by atoms with Crippen molar-refractivity contribution in [1.29, 1.82) is 0 Å². The SMILES string of the molecule is FC(F)Oc1ccc(Br)cc1CNCc1ccon1. The number of ether oxygens (including phenoxy) is 1. The van der Waals surface area contributed by atoms with Crippen LogP contribution in [0.3, 0.4) is 0 Å². The molecule has 7 heteroatoms. The zero-order valence-electron chi connectivity index (χ0n) is 9.78. The quantitative estimate of drug-likeness (QED) is 0.881. The number of hydrogen-bond donors (Lipinski definition) is 1. The summed E-state index contributed by atoms with van der Waals surface area (Å²) in [4.78, 5) is 0. The highest BCUT2D eigenvalue weighted by Crippen LogP contribution is 2.24. The molecule has 0 amide bonds. The van der Waals surface area contributed by atoms with E-state index >= 15 is 0 Å². The number of alkyl halides is 2. The van der Waals surface area contributed by atoms with E-state index in [2.05, 4.69) is 31.1 Å². The van der Waals surface area contributed by atoms with Crippen molar-refractivity contribution < 1.29 is 18.0 Å². The van der Waals surface area contributed by atoms with Gasteiger partial charge in [0.05, 0.1) is 5.69 Å². The van der Waals surface area contributed by atoms with Gasteiger partial charge in [0.1, 0.15) is 12.0 Å². The molecule has 0 aliphatic carbocycles. The van der Waals surface area contributed by atoms with Gasteiger partial charge in [-0.15, -0.1) is 0 Å². The lowest BCUT2D eigenvalue weighted by atomic mass is 10.2. The van der Waals surface area contributed by atoms with E-state index in [0.717, 1.165) is 10.2 Å². The van der Waals surface area contributed by atoms with E-state index in [4.69, 9.17) is 4.52 Å². The van der Waals surface area contributed by atoms with Crippen molar-refractivity contribution in [1.82, 2.24) is 10.5 Å². The molecule has 0 saturated carbocycles. The minimum Gasteiger partial charge on any atom is -0.434 e. The highest BCUT2D eigenvalue weighted by atomic mass is 79.9. The number of benzene rings is 1. The number of nitrogens with zero attached hydrogens (tertiary/aromatic N) is 1. The monoisotopic (exact) mass is 332 g/mol. The van der Waals surface area contributed by atoms with Crippen LogP contribution in [0.2, 0.25) is 0 Å². The van der Waals surface area contributed by atoms with Crippen LogP contribution >= 0.6 is 15.9 Å². The summed E-state index contributed by atoms with van der Waals surface area (Å²) in [6, 6.07) is 6.61. The van der Waals surface area contributed by atoms with Gasteiger partial charge in [-0.2, -0.15) is 8.78 Å². The summed E-state index contributed by atoms with van der Waals surface area (Å²) in [5.74, 6) is 0.158. The molecular weight excluding hydrogens is 322 g/mol. The molecule has 4 nitrogen and oxygen atoms in total. The second kappa shape index (κ2) is 6.63. The summed E-state index contributed by atoms with van der Waals surface area (Å²) in [6.07, 6.45) is 1.47. The first-order chi connectivity index (χ1) is 9.15. The van der Waals surface area contributed by atoms with E-state index in [9.17, 15) is 8.78 Å². The Kier molecular flexibility index (Phi) is 4.86. The molecular formula is C12H11BrF2N2O2. The molecule has 1 heterocycles. The Hall–Kier alpha value is -1.47. The van der Waals surface area contributed by atoms with E-state index in [1.54, 1.807) is 18.2 Å². The Morgan fingerprint density at radius 2 is 2.16 bits per heavy atom. The van der Waals surface area contributed by atoms with E-state index in [0.29, 0.717) is 18.7 Å². The standard InChI is InChI=1S/C12H11BrF2N2O2/c13-9-1-2-11(19-12(14)15)8(5-9)6-16-7-10-3-4-18-17-10/h1-5,12,16H,6-7H2. The van der Waals surface area contributed by atoms with E-state index in [1.807, 2.05) is 0 Å². The zero-order chi connectivity index (χ0) is 13.7. The average molecular weight is 333 g/mol. The van der Waals surface area contributed by atoms with E-state index in [-0.39, 0.29) is 5.75 Å². The van der Waals surface area contributed by atoms with Crippen LogP contribution in [-0.4, -0.2) is 11.8 Å². The predicted molar refractivity (Wildman–Crippen MR) is 67.8 cm³/mol. The molecule has 19 heavy (non-hydrogen) atoms. The van der Waals surface area contributed by atoms with Gasteiger partial charge in [0.2, 0.25) is 0 Å². The molecule has 0 bridgehead atoms. The summed E-state index contributed by atoms with van der Waals surface area (Å²) in [6.45, 7) is -1.97. The molecule has 0 atom stereocenters. The van der Waals surface area contributed by atoms with Gasteiger partial charge in [-0.1, -0.05) is 21.1 Å². The second-order valence-corrected chi connectivity index (χ2v) is 4.64. The van der Waals surface area contributed by atoms with Crippen LogP contribution < -0.4 is 10.1 Å². The molecule has 102 valence electrons. The minimum absolute atomic E-state index is 0.158. The lowest BCUT2D eigenvalue weighted by Crippen LogP contribution is -2.14. The maximum absolute atomic E-state index is 12.3. The van der Waals surface area contributed by atoms with Crippen molar-refractivity contribution >= 4 is 15.9 Å². The normalized spacial score (nSPS) is 10.9. The molecule has 1 aromatic carbocycles. The molecule has 0 aliphatic rings. The molecule has 0 radical (unpaired) electrons. The van der Waals surface area contributed by atoms with Gasteiger partial charge in [-0.05, 0) is 18.2 Å². The third-order valence-corrected chi connectivity index (χ3v) is 2.84. The maximum atomic E-state index is 12.3. The second-order valence-electron chi connectivity index (χ2n) is 3.72. The van der Waals surface area contributed by atoms with Crippen LogP contribution in [0.5, 0.6) is 5.75 Å². The Balaban J connectivity index is 1.99. The number of rotatable bonds is 6. The van der Waals surface area contributed by atoms with E-state index in [1.165, 1.54) is 12.3 Å². The summed E-state index contributed by atoms with van der Waals surface area (Å²) in [5.41, 5.74) is 1.38. The molecule has 0 aliphatic heterocycles. The van der Waals surface area contributed by atoms with Crippen LogP contribution in [0.15, 0.2) is 39.5 Å². The average Bonchev–Trinajstić information content (AvgIpc) is 2.85. The van der Waals surface area contributed by atoms with Gasteiger partial charge < -0.3 is 14.6 Å². The Labute approximate surface area is 116 Å². The number of nitrogens with one attached hydrogen (secondary N) is 1. The van der Waals surface area contributed by atoms with Crippen LogP contribution in [0.4, 0.5) is 8.78 Å². The Morgan fingerprint density at radius 1 is 1.32 bits per heavy atom. The summed E-state index contributed by atoms with van der Waals surface area (Å²) in [7, 11) is 0. The number of hydrogen-bond acceptors (Lipinski definition) is 4. The van der Waals surface area contributed by atoms with Gasteiger partial charge >= 0.3 is 6.61 Å². The fourth-order valence-electron chi connectivity index (χ4n) is 1.55. The molecule has 0 unspecified atom stereocenters. The first-order valence-corrected chi connectivity index (χ1v) is 6.27. The molecule has 0 fully saturated rings. The topological polar surface area (TPSA) is 47.3 Å². The molecule has 1 aromatic heterocycles. The zero-order valence-corrected chi connectivity index (χ0v) is 11.4. The first-order valence-electron chi connectivity index (χ1n) is 5.48. The van der Waals surface area contributed by atoms with Gasteiger partial charge in [-0.3, -0.25) is 0 Å². The lowest BCUT2D eigenvalue weighted by Gasteiger charge is -2.11. The van der Waals surface area contributed by atoms with Gasteiger partial charge in [0.15, 0.2) is 0 Å². The van der Waals surface area contributed by atoms with Gasteiger partial charge in [0.25, 0.3) is 0 Å². The van der Waals surface area contributed by atoms with Crippen LogP contribution in [0, 0.1) is 0 Å². The summed E-state index contributed by atoms with van der Waals surface area (Å²) < 4.78 is 34.5. The van der Waals surface area contributed by atoms with Crippen LogP contribution in [-0.2, 0) is 13.1 Å². The van der Waals surface area contributed by atoms with Crippen molar-refractivity contribution in [2.24, 2.45) is 0 Å². The third-order valence-electron chi connectivity index (χ3n) is 2.35. The fourth-order valence-corrected chi connectivity index (χ4v) is 1.96. The van der Waals surface area contributed by atoms with Crippen molar-refractivity contribution in [3.8, 4) is 5.75 Å². The van der Waals surface area contributed by atoms with Crippen molar-refractivity contribution in [3.63, 3.8) is 0 Å². The van der Waals surface area contributed by atoms with Crippen molar-refractivity contribution in [2.45, 2.75) is 19.7 Å². The fraction of sp³-hybridized carbons (Fsp3) is 0.250.